The van der Waals surface area contributed by atoms with Crippen LogP contribution in [0.15, 0.2) is 41.6 Å². The van der Waals surface area contributed by atoms with Crippen LogP contribution in [0.25, 0.3) is 0 Å². The Balaban J connectivity index is 1.39. The van der Waals surface area contributed by atoms with Crippen LogP contribution < -0.4 is 5.32 Å². The van der Waals surface area contributed by atoms with Crippen LogP contribution in [-0.4, -0.2) is 33.8 Å². The van der Waals surface area contributed by atoms with E-state index >= 15 is 0 Å². The topological polar surface area (TPSA) is 42.7 Å². The molecule has 0 aliphatic carbocycles. The van der Waals surface area contributed by atoms with Crippen LogP contribution in [0.4, 0.5) is 0 Å². The minimum atomic E-state index is 0.660. The van der Waals surface area contributed by atoms with Gasteiger partial charge in [-0.3, -0.25) is 4.68 Å². The third-order valence-electron chi connectivity index (χ3n) is 3.40. The summed E-state index contributed by atoms with van der Waals surface area (Å²) in [5, 5.41) is 11.3. The van der Waals surface area contributed by atoms with Gasteiger partial charge >= 0.3 is 0 Å². The van der Waals surface area contributed by atoms with Gasteiger partial charge in [-0.2, -0.15) is 0 Å². The van der Waals surface area contributed by atoms with Crippen molar-refractivity contribution in [3.8, 4) is 0 Å². The molecule has 1 N–H and O–H groups in total. The quantitative estimate of drug-likeness (QED) is 0.820. The fourth-order valence-electron chi connectivity index (χ4n) is 2.39. The van der Waals surface area contributed by atoms with Crippen LogP contribution in [-0.2, 0) is 6.54 Å². The lowest BCUT2D eigenvalue weighted by atomic mass is 10.0. The van der Waals surface area contributed by atoms with Crippen molar-refractivity contribution in [1.82, 2.24) is 20.3 Å². The number of rotatable bonds is 6. The molecule has 0 amide bonds. The summed E-state index contributed by atoms with van der Waals surface area (Å²) in [7, 11) is 0. The minimum absolute atomic E-state index is 0.660. The Bertz CT molecular complexity index is 512. The van der Waals surface area contributed by atoms with Crippen molar-refractivity contribution in [2.24, 2.45) is 0 Å². The van der Waals surface area contributed by atoms with Gasteiger partial charge in [-0.1, -0.05) is 23.4 Å². The molecule has 0 spiro atoms. The van der Waals surface area contributed by atoms with Crippen molar-refractivity contribution in [3.05, 3.63) is 42.2 Å². The lowest BCUT2D eigenvalue weighted by molar-refractivity contribution is 0.521. The second-order valence-corrected chi connectivity index (χ2v) is 5.83. The Morgan fingerprint density at radius 1 is 1.37 bits per heavy atom. The van der Waals surface area contributed by atoms with E-state index in [-0.39, 0.29) is 0 Å². The molecule has 2 heterocycles. The molecule has 0 saturated heterocycles. The van der Waals surface area contributed by atoms with E-state index in [4.69, 9.17) is 0 Å². The van der Waals surface area contributed by atoms with Gasteiger partial charge in [0.2, 0.25) is 0 Å². The molecule has 2 aromatic rings. The number of aromatic nitrogens is 3. The molecule has 1 aromatic carbocycles. The summed E-state index contributed by atoms with van der Waals surface area (Å²) in [5.41, 5.74) is 1.51. The molecule has 0 radical (unpaired) electrons. The highest BCUT2D eigenvalue weighted by molar-refractivity contribution is 7.99. The largest absolute Gasteiger partial charge is 0.316 e. The van der Waals surface area contributed by atoms with Gasteiger partial charge < -0.3 is 5.32 Å². The van der Waals surface area contributed by atoms with Gasteiger partial charge in [-0.25, -0.2) is 0 Å². The van der Waals surface area contributed by atoms with Gasteiger partial charge in [0.05, 0.1) is 6.20 Å². The molecular formula is C14H18N4S. The molecule has 19 heavy (non-hydrogen) atoms. The molecule has 1 aliphatic rings. The normalized spacial score (nSPS) is 17.6. The molecule has 0 saturated carbocycles. The molecule has 1 aromatic heterocycles. The molecule has 0 bridgehead atoms. The zero-order valence-electron chi connectivity index (χ0n) is 10.8. The van der Waals surface area contributed by atoms with E-state index in [9.17, 15) is 0 Å². The van der Waals surface area contributed by atoms with Crippen molar-refractivity contribution >= 4 is 11.8 Å². The molecule has 3 rings (SSSR count). The molecule has 1 atom stereocenters. The summed E-state index contributed by atoms with van der Waals surface area (Å²) in [6.45, 7) is 3.04. The summed E-state index contributed by atoms with van der Waals surface area (Å²) in [5.74, 6) is 1.86. The van der Waals surface area contributed by atoms with Gasteiger partial charge in [0.25, 0.3) is 0 Å². The van der Waals surface area contributed by atoms with Gasteiger partial charge in [0.1, 0.15) is 0 Å². The summed E-state index contributed by atoms with van der Waals surface area (Å²) in [6.07, 6.45) is 4.72. The molecular weight excluding hydrogens is 256 g/mol. The Morgan fingerprint density at radius 3 is 3.21 bits per heavy atom. The van der Waals surface area contributed by atoms with E-state index in [1.54, 1.807) is 6.20 Å². The van der Waals surface area contributed by atoms with Crippen LogP contribution >= 0.6 is 11.8 Å². The SMILES string of the molecule is c1ccc2c(c1)SCC2CNCCCn1ccnn1. The fourth-order valence-corrected chi connectivity index (χ4v) is 3.65. The summed E-state index contributed by atoms with van der Waals surface area (Å²) < 4.78 is 1.88. The van der Waals surface area contributed by atoms with Crippen molar-refractivity contribution in [3.63, 3.8) is 0 Å². The highest BCUT2D eigenvalue weighted by atomic mass is 32.2. The lowest BCUT2D eigenvalue weighted by Crippen LogP contribution is -2.23. The number of benzene rings is 1. The van der Waals surface area contributed by atoms with Crippen molar-refractivity contribution < 1.29 is 0 Å². The van der Waals surface area contributed by atoms with E-state index < -0.39 is 0 Å². The predicted molar refractivity (Wildman–Crippen MR) is 77.4 cm³/mol. The van der Waals surface area contributed by atoms with E-state index in [2.05, 4.69) is 39.9 Å². The van der Waals surface area contributed by atoms with Crippen molar-refractivity contribution in [1.29, 1.82) is 0 Å². The smallest absolute Gasteiger partial charge is 0.0692 e. The van der Waals surface area contributed by atoms with E-state index in [1.165, 1.54) is 16.2 Å². The maximum Gasteiger partial charge on any atom is 0.0692 e. The zero-order valence-corrected chi connectivity index (χ0v) is 11.6. The number of hydrogen-bond donors (Lipinski definition) is 1. The van der Waals surface area contributed by atoms with Crippen LogP contribution in [0, 0.1) is 0 Å². The van der Waals surface area contributed by atoms with Crippen LogP contribution in [0.1, 0.15) is 17.9 Å². The average Bonchev–Trinajstić information content (AvgIpc) is 3.08. The highest BCUT2D eigenvalue weighted by Gasteiger charge is 2.21. The van der Waals surface area contributed by atoms with Gasteiger partial charge in [-0.15, -0.1) is 16.9 Å². The van der Waals surface area contributed by atoms with Crippen LogP contribution in [0.2, 0.25) is 0 Å². The first kappa shape index (κ1) is 12.7. The average molecular weight is 274 g/mol. The first-order valence-corrected chi connectivity index (χ1v) is 7.68. The zero-order chi connectivity index (χ0) is 12.9. The maximum atomic E-state index is 3.96. The highest BCUT2D eigenvalue weighted by Crippen LogP contribution is 2.38. The van der Waals surface area contributed by atoms with Crippen LogP contribution in [0.3, 0.4) is 0 Å². The Kier molecular flexibility index (Phi) is 4.15. The molecule has 0 fully saturated rings. The number of thioether (sulfide) groups is 1. The van der Waals surface area contributed by atoms with Crippen molar-refractivity contribution in [2.75, 3.05) is 18.8 Å². The van der Waals surface area contributed by atoms with E-state index in [0.29, 0.717) is 5.92 Å². The number of hydrogen-bond acceptors (Lipinski definition) is 4. The molecule has 100 valence electrons. The number of nitrogens with zero attached hydrogens (tertiary/aromatic N) is 3. The lowest BCUT2D eigenvalue weighted by Gasteiger charge is -2.11. The second kappa shape index (κ2) is 6.21. The maximum absolute atomic E-state index is 3.96. The fraction of sp³-hybridized carbons (Fsp3) is 0.429. The standard InChI is InChI=1S/C14H18N4S/c1-2-5-14-13(4-1)12(11-19-14)10-15-6-3-8-18-9-7-16-17-18/h1-2,4-5,7,9,12,15H,3,6,8,10-11H2. The monoisotopic (exact) mass is 274 g/mol. The van der Waals surface area contributed by atoms with Gasteiger partial charge in [0, 0.05) is 35.9 Å². The third kappa shape index (κ3) is 3.16. The second-order valence-electron chi connectivity index (χ2n) is 4.77. The Labute approximate surface area is 117 Å². The molecule has 5 heteroatoms. The molecule has 4 nitrogen and oxygen atoms in total. The first-order chi connectivity index (χ1) is 9.43. The first-order valence-electron chi connectivity index (χ1n) is 6.70. The third-order valence-corrected chi connectivity index (χ3v) is 4.65. The van der Waals surface area contributed by atoms with E-state index in [1.807, 2.05) is 22.6 Å². The summed E-state index contributed by atoms with van der Waals surface area (Å²) in [4.78, 5) is 1.46. The van der Waals surface area contributed by atoms with Gasteiger partial charge in [-0.05, 0) is 24.6 Å². The molecule has 1 aliphatic heterocycles. The number of aryl methyl sites for hydroxylation is 1. The van der Waals surface area contributed by atoms with Gasteiger partial charge in [0.15, 0.2) is 0 Å². The summed E-state index contributed by atoms with van der Waals surface area (Å²) >= 11 is 1.98. The minimum Gasteiger partial charge on any atom is -0.316 e. The molecule has 1 unspecified atom stereocenters. The predicted octanol–water partition coefficient (Wildman–Crippen LogP) is 2.15. The number of nitrogens with one attached hydrogen (secondary N) is 1. The Hall–Kier alpha value is -1.33. The van der Waals surface area contributed by atoms with Crippen LogP contribution in [0.5, 0.6) is 0 Å². The number of fused-ring (bicyclic) bond motifs is 1. The Morgan fingerprint density at radius 2 is 2.32 bits per heavy atom. The van der Waals surface area contributed by atoms with Crippen molar-refractivity contribution in [2.45, 2.75) is 23.8 Å². The summed E-state index contributed by atoms with van der Waals surface area (Å²) in [6, 6.07) is 8.75. The van der Waals surface area contributed by atoms with E-state index in [0.717, 1.165) is 26.1 Å².